The Balaban J connectivity index is 2.46. The maximum absolute atomic E-state index is 11.8. The Morgan fingerprint density at radius 2 is 1.90 bits per heavy atom. The van der Waals surface area contributed by atoms with E-state index >= 15 is 0 Å². The fourth-order valence-corrected chi connectivity index (χ4v) is 1.68. The summed E-state index contributed by atoms with van der Waals surface area (Å²) < 4.78 is 5.34. The lowest BCUT2D eigenvalue weighted by molar-refractivity contribution is -0.128. The molecule has 3 N–H and O–H groups in total. The summed E-state index contributed by atoms with van der Waals surface area (Å²) in [6.07, 6.45) is 0.212. The van der Waals surface area contributed by atoms with E-state index in [9.17, 15) is 9.59 Å². The van der Waals surface area contributed by atoms with E-state index in [0.717, 1.165) is 0 Å². The van der Waals surface area contributed by atoms with Crippen LogP contribution in [0.25, 0.3) is 0 Å². The third-order valence-electron chi connectivity index (χ3n) is 2.65. The van der Waals surface area contributed by atoms with Gasteiger partial charge < -0.3 is 15.8 Å². The molecule has 0 heterocycles. The minimum atomic E-state index is -0.797. The zero-order valence-electron chi connectivity index (χ0n) is 12.0. The van der Waals surface area contributed by atoms with Crippen LogP contribution in [-0.4, -0.2) is 25.0 Å². The Kier molecular flexibility index (Phi) is 6.73. The number of ether oxygens (including phenoxy) is 1. The first-order valence-corrected chi connectivity index (χ1v) is 6.72. The molecular weight excluding hydrogens is 256 g/mol. The number of amides is 2. The fraction of sp³-hybridized carbons (Fsp3) is 0.467. The van der Waals surface area contributed by atoms with Crippen molar-refractivity contribution in [2.75, 3.05) is 13.2 Å². The highest BCUT2D eigenvalue weighted by Gasteiger charge is 2.19. The van der Waals surface area contributed by atoms with E-state index in [0.29, 0.717) is 24.7 Å². The van der Waals surface area contributed by atoms with Crippen molar-refractivity contribution in [3.63, 3.8) is 0 Å². The third kappa shape index (κ3) is 5.84. The Hall–Kier alpha value is -1.88. The lowest BCUT2D eigenvalue weighted by Gasteiger charge is -2.16. The molecule has 110 valence electrons. The second-order valence-corrected chi connectivity index (χ2v) is 5.03. The van der Waals surface area contributed by atoms with Crippen LogP contribution in [0.5, 0.6) is 0 Å². The first-order valence-electron chi connectivity index (χ1n) is 6.72. The molecule has 0 fully saturated rings. The highest BCUT2D eigenvalue weighted by molar-refractivity contribution is 5.87. The van der Waals surface area contributed by atoms with Crippen LogP contribution in [-0.2, 0) is 14.3 Å². The molecule has 0 spiro atoms. The molecule has 1 atom stereocenters. The van der Waals surface area contributed by atoms with Crippen LogP contribution >= 0.6 is 0 Å². The molecule has 0 bridgehead atoms. The molecule has 1 rings (SSSR count). The fourth-order valence-electron chi connectivity index (χ4n) is 1.68. The van der Waals surface area contributed by atoms with Gasteiger partial charge in [-0.1, -0.05) is 44.2 Å². The van der Waals surface area contributed by atoms with Crippen LogP contribution < -0.4 is 11.1 Å². The molecule has 1 aromatic carbocycles. The van der Waals surface area contributed by atoms with Crippen molar-refractivity contribution < 1.29 is 14.3 Å². The van der Waals surface area contributed by atoms with Gasteiger partial charge >= 0.3 is 0 Å². The second kappa shape index (κ2) is 8.32. The van der Waals surface area contributed by atoms with Crippen LogP contribution in [0.1, 0.15) is 31.9 Å². The number of rotatable bonds is 8. The van der Waals surface area contributed by atoms with Crippen LogP contribution in [0.15, 0.2) is 30.3 Å². The summed E-state index contributed by atoms with van der Waals surface area (Å²) in [5.74, 6) is -0.394. The molecular formula is C15H22N2O3. The predicted octanol–water partition coefficient (Wildman–Crippen LogP) is 1.39. The normalized spacial score (nSPS) is 12.2. The number of carbonyl (C=O) groups is 2. The minimum Gasteiger partial charge on any atom is -0.381 e. The lowest BCUT2D eigenvalue weighted by atomic mass is 10.1. The Morgan fingerprint density at radius 3 is 2.45 bits per heavy atom. The second-order valence-electron chi connectivity index (χ2n) is 5.03. The summed E-state index contributed by atoms with van der Waals surface area (Å²) in [5, 5.41) is 2.63. The molecule has 0 saturated heterocycles. The van der Waals surface area contributed by atoms with E-state index in [1.165, 1.54) is 0 Å². The number of carbonyl (C=O) groups excluding carboxylic acids is 2. The summed E-state index contributed by atoms with van der Waals surface area (Å²) in [7, 11) is 0. The van der Waals surface area contributed by atoms with E-state index < -0.39 is 11.9 Å². The lowest BCUT2D eigenvalue weighted by Crippen LogP contribution is -2.37. The molecule has 0 aromatic heterocycles. The number of primary amides is 1. The highest BCUT2D eigenvalue weighted by Crippen LogP contribution is 2.11. The Morgan fingerprint density at radius 1 is 1.25 bits per heavy atom. The molecule has 20 heavy (non-hydrogen) atoms. The summed E-state index contributed by atoms with van der Waals surface area (Å²) >= 11 is 0. The standard InChI is InChI=1S/C15H22N2O3/c1-11(2)10-20-9-8-13(18)17-14(15(16)19)12-6-4-3-5-7-12/h3-7,11,14H,8-10H2,1-2H3,(H2,16,19)(H,17,18). The number of benzene rings is 1. The van der Waals surface area contributed by atoms with Gasteiger partial charge in [0.15, 0.2) is 0 Å². The number of hydrogen-bond donors (Lipinski definition) is 2. The van der Waals surface area contributed by atoms with Crippen molar-refractivity contribution in [3.05, 3.63) is 35.9 Å². The van der Waals surface area contributed by atoms with Gasteiger partial charge in [0.1, 0.15) is 6.04 Å². The van der Waals surface area contributed by atoms with Crippen molar-refractivity contribution in [1.29, 1.82) is 0 Å². The highest BCUT2D eigenvalue weighted by atomic mass is 16.5. The van der Waals surface area contributed by atoms with Crippen molar-refractivity contribution in [2.24, 2.45) is 11.7 Å². The van der Waals surface area contributed by atoms with Gasteiger partial charge in [-0.3, -0.25) is 9.59 Å². The molecule has 5 heteroatoms. The van der Waals surface area contributed by atoms with Crippen molar-refractivity contribution >= 4 is 11.8 Å². The Labute approximate surface area is 119 Å². The first-order chi connectivity index (χ1) is 9.50. The molecule has 1 unspecified atom stereocenters. The van der Waals surface area contributed by atoms with Crippen LogP contribution in [0.2, 0.25) is 0 Å². The Bertz CT molecular complexity index is 432. The summed E-state index contributed by atoms with van der Waals surface area (Å²) in [5.41, 5.74) is 6.00. The molecule has 5 nitrogen and oxygen atoms in total. The van der Waals surface area contributed by atoms with E-state index in [2.05, 4.69) is 5.32 Å². The molecule has 2 amide bonds. The number of hydrogen-bond acceptors (Lipinski definition) is 3. The molecule has 0 aliphatic carbocycles. The van der Waals surface area contributed by atoms with Gasteiger partial charge in [-0.15, -0.1) is 0 Å². The summed E-state index contributed by atoms with van der Waals surface area (Å²) in [6.45, 7) is 5.03. The van der Waals surface area contributed by atoms with Crippen LogP contribution in [0, 0.1) is 5.92 Å². The smallest absolute Gasteiger partial charge is 0.244 e. The van der Waals surface area contributed by atoms with Gasteiger partial charge in [0.2, 0.25) is 11.8 Å². The zero-order chi connectivity index (χ0) is 15.0. The quantitative estimate of drug-likeness (QED) is 0.705. The maximum atomic E-state index is 11.8. The SMILES string of the molecule is CC(C)COCCC(=O)NC(C(N)=O)c1ccccc1. The third-order valence-corrected chi connectivity index (χ3v) is 2.65. The summed E-state index contributed by atoms with van der Waals surface area (Å²) in [6, 6.07) is 8.14. The molecule has 0 aliphatic rings. The van der Waals surface area contributed by atoms with E-state index in [1.54, 1.807) is 24.3 Å². The van der Waals surface area contributed by atoms with E-state index in [1.807, 2.05) is 19.9 Å². The van der Waals surface area contributed by atoms with Gasteiger partial charge in [0.05, 0.1) is 6.61 Å². The zero-order valence-corrected chi connectivity index (χ0v) is 12.0. The van der Waals surface area contributed by atoms with Gasteiger partial charge in [0, 0.05) is 13.0 Å². The van der Waals surface area contributed by atoms with Gasteiger partial charge in [-0.05, 0) is 11.5 Å². The van der Waals surface area contributed by atoms with Crippen LogP contribution in [0.4, 0.5) is 0 Å². The van der Waals surface area contributed by atoms with Gasteiger partial charge in [0.25, 0.3) is 0 Å². The topological polar surface area (TPSA) is 81.4 Å². The van der Waals surface area contributed by atoms with Crippen LogP contribution in [0.3, 0.4) is 0 Å². The van der Waals surface area contributed by atoms with E-state index in [4.69, 9.17) is 10.5 Å². The molecule has 0 radical (unpaired) electrons. The molecule has 0 saturated carbocycles. The van der Waals surface area contributed by atoms with Gasteiger partial charge in [-0.2, -0.15) is 0 Å². The molecule has 0 aliphatic heterocycles. The van der Waals surface area contributed by atoms with Crippen molar-refractivity contribution in [2.45, 2.75) is 26.3 Å². The first kappa shape index (κ1) is 16.2. The minimum absolute atomic E-state index is 0.212. The molecule has 1 aromatic rings. The number of nitrogens with two attached hydrogens (primary N) is 1. The van der Waals surface area contributed by atoms with E-state index in [-0.39, 0.29) is 12.3 Å². The predicted molar refractivity (Wildman–Crippen MR) is 76.8 cm³/mol. The van der Waals surface area contributed by atoms with Crippen molar-refractivity contribution in [1.82, 2.24) is 5.32 Å². The largest absolute Gasteiger partial charge is 0.381 e. The average molecular weight is 278 g/mol. The average Bonchev–Trinajstić information content (AvgIpc) is 2.41. The summed E-state index contributed by atoms with van der Waals surface area (Å²) in [4.78, 5) is 23.2. The van der Waals surface area contributed by atoms with Crippen molar-refractivity contribution in [3.8, 4) is 0 Å². The maximum Gasteiger partial charge on any atom is 0.244 e. The van der Waals surface area contributed by atoms with Gasteiger partial charge in [-0.25, -0.2) is 0 Å². The number of nitrogens with one attached hydrogen (secondary N) is 1. The monoisotopic (exact) mass is 278 g/mol.